The van der Waals surface area contributed by atoms with E-state index in [0.29, 0.717) is 10.8 Å². The maximum Gasteiger partial charge on any atom is 0.138 e. The van der Waals surface area contributed by atoms with E-state index in [1.165, 1.54) is 5.56 Å². The molecule has 1 unspecified atom stereocenters. The van der Waals surface area contributed by atoms with Crippen LogP contribution >= 0.6 is 11.6 Å². The van der Waals surface area contributed by atoms with Crippen LogP contribution in [0.4, 0.5) is 0 Å². The Morgan fingerprint density at radius 1 is 1.00 bits per heavy atom. The molecule has 100 valence electrons. The summed E-state index contributed by atoms with van der Waals surface area (Å²) in [5.74, 6) is 1.43. The van der Waals surface area contributed by atoms with Gasteiger partial charge in [-0.15, -0.1) is 0 Å². The summed E-state index contributed by atoms with van der Waals surface area (Å²) in [5, 5.41) is 0.607. The van der Waals surface area contributed by atoms with Crippen molar-refractivity contribution in [1.82, 2.24) is 0 Å². The molecule has 1 aliphatic heterocycles. The Hall–Kier alpha value is -1.99. The topological polar surface area (TPSA) is 9.23 Å². The molecule has 0 aromatic heterocycles. The number of para-hydroxylation sites is 1. The average Bonchev–Trinajstić information content (AvgIpc) is 2.57. The Labute approximate surface area is 124 Å². The molecule has 0 aliphatic carbocycles. The Bertz CT molecular complexity index is 686. The van der Waals surface area contributed by atoms with Crippen molar-refractivity contribution in [1.29, 1.82) is 0 Å². The third-order valence-electron chi connectivity index (χ3n) is 3.62. The molecule has 2 heteroatoms. The normalized spacial score (nSPS) is 18.3. The maximum atomic E-state index is 6.41. The lowest BCUT2D eigenvalue weighted by molar-refractivity contribution is 0.442. The van der Waals surface area contributed by atoms with Crippen LogP contribution in [0.2, 0.25) is 0 Å². The Morgan fingerprint density at radius 2 is 1.65 bits per heavy atom. The van der Waals surface area contributed by atoms with Crippen molar-refractivity contribution in [3.63, 3.8) is 0 Å². The molecule has 0 spiro atoms. The van der Waals surface area contributed by atoms with Crippen LogP contribution in [0, 0.1) is 0 Å². The highest BCUT2D eigenvalue weighted by atomic mass is 35.5. The summed E-state index contributed by atoms with van der Waals surface area (Å²) in [4.78, 5) is 0. The average molecular weight is 283 g/mol. The molecule has 1 nitrogen and oxygen atoms in total. The summed E-state index contributed by atoms with van der Waals surface area (Å²) in [6.07, 6.45) is 0. The van der Waals surface area contributed by atoms with E-state index in [4.69, 9.17) is 16.3 Å². The van der Waals surface area contributed by atoms with Gasteiger partial charge in [0, 0.05) is 11.5 Å². The lowest BCUT2D eigenvalue weighted by atomic mass is 9.85. The molecular weight excluding hydrogens is 268 g/mol. The van der Waals surface area contributed by atoms with E-state index in [0.717, 1.165) is 16.9 Å². The van der Waals surface area contributed by atoms with Crippen LogP contribution in [0.5, 0.6) is 5.75 Å². The summed E-state index contributed by atoms with van der Waals surface area (Å²) < 4.78 is 5.81. The van der Waals surface area contributed by atoms with Crippen molar-refractivity contribution in [2.24, 2.45) is 0 Å². The molecule has 1 atom stereocenters. The van der Waals surface area contributed by atoms with Crippen molar-refractivity contribution < 1.29 is 4.74 Å². The zero-order chi connectivity index (χ0) is 14.1. The van der Waals surface area contributed by atoms with Crippen molar-refractivity contribution in [2.45, 2.75) is 12.8 Å². The van der Waals surface area contributed by atoms with E-state index >= 15 is 0 Å². The monoisotopic (exact) mass is 282 g/mol. The van der Waals surface area contributed by atoms with Gasteiger partial charge < -0.3 is 4.74 Å². The Morgan fingerprint density at radius 3 is 2.40 bits per heavy atom. The number of rotatable bonds is 1. The second-order valence-corrected chi connectivity index (χ2v) is 5.28. The smallest absolute Gasteiger partial charge is 0.138 e. The van der Waals surface area contributed by atoms with Gasteiger partial charge in [0.15, 0.2) is 0 Å². The van der Waals surface area contributed by atoms with Gasteiger partial charge in [0.05, 0.1) is 5.03 Å². The molecule has 2 aromatic carbocycles. The number of allylic oxidation sites excluding steroid dienone is 2. The largest absolute Gasteiger partial charge is 0.456 e. The summed E-state index contributed by atoms with van der Waals surface area (Å²) in [5.41, 5.74) is 3.38. The van der Waals surface area contributed by atoms with E-state index in [-0.39, 0.29) is 5.92 Å². The summed E-state index contributed by atoms with van der Waals surface area (Å²) in [6, 6.07) is 18.3. The van der Waals surface area contributed by atoms with Crippen molar-refractivity contribution in [2.75, 3.05) is 0 Å². The highest BCUT2D eigenvalue weighted by Gasteiger charge is 2.26. The van der Waals surface area contributed by atoms with Crippen LogP contribution in [-0.2, 0) is 0 Å². The van der Waals surface area contributed by atoms with Gasteiger partial charge in [0.1, 0.15) is 11.5 Å². The van der Waals surface area contributed by atoms with E-state index < -0.39 is 0 Å². The Kier molecular flexibility index (Phi) is 3.37. The molecule has 20 heavy (non-hydrogen) atoms. The third kappa shape index (κ3) is 2.14. The van der Waals surface area contributed by atoms with Gasteiger partial charge in [-0.25, -0.2) is 0 Å². The number of hydrogen-bond donors (Lipinski definition) is 0. The first-order valence-electron chi connectivity index (χ1n) is 6.55. The fraction of sp³-hybridized carbons (Fsp3) is 0.111. The highest BCUT2D eigenvalue weighted by Crippen LogP contribution is 2.43. The molecule has 2 aromatic rings. The number of ether oxygens (including phenoxy) is 1. The van der Waals surface area contributed by atoms with Gasteiger partial charge in [0.25, 0.3) is 0 Å². The van der Waals surface area contributed by atoms with Gasteiger partial charge >= 0.3 is 0 Å². The SMILES string of the molecule is C=C1Oc2ccccc2C(c2ccccc2)C(C)=C1Cl. The summed E-state index contributed by atoms with van der Waals surface area (Å²) in [6.45, 7) is 5.96. The lowest BCUT2D eigenvalue weighted by Gasteiger charge is -2.19. The molecule has 0 saturated heterocycles. The van der Waals surface area contributed by atoms with Gasteiger partial charge in [-0.2, -0.15) is 0 Å². The number of benzene rings is 2. The van der Waals surface area contributed by atoms with Gasteiger partial charge in [-0.3, -0.25) is 0 Å². The standard InChI is InChI=1S/C18H15ClO/c1-12-17(14-8-4-3-5-9-14)15-10-6-7-11-16(15)20-13(2)18(12)19/h3-11,17H,2H2,1H3. The second-order valence-electron chi connectivity index (χ2n) is 4.90. The van der Waals surface area contributed by atoms with Gasteiger partial charge in [-0.1, -0.05) is 66.7 Å². The molecule has 0 radical (unpaired) electrons. The molecule has 0 saturated carbocycles. The van der Waals surface area contributed by atoms with Crippen LogP contribution in [0.1, 0.15) is 24.0 Å². The minimum absolute atomic E-state index is 0.0964. The van der Waals surface area contributed by atoms with Gasteiger partial charge in [-0.05, 0) is 24.1 Å². The maximum absolute atomic E-state index is 6.41. The van der Waals surface area contributed by atoms with E-state index in [1.807, 2.05) is 43.3 Å². The first-order chi connectivity index (χ1) is 9.68. The molecular formula is C18H15ClO. The fourth-order valence-electron chi connectivity index (χ4n) is 2.64. The summed E-state index contributed by atoms with van der Waals surface area (Å²) in [7, 11) is 0. The minimum atomic E-state index is 0.0964. The molecule has 1 aliphatic rings. The van der Waals surface area contributed by atoms with Crippen LogP contribution in [-0.4, -0.2) is 0 Å². The second kappa shape index (κ2) is 5.18. The molecule has 1 heterocycles. The van der Waals surface area contributed by atoms with E-state index in [2.05, 4.69) is 24.8 Å². The van der Waals surface area contributed by atoms with Gasteiger partial charge in [0.2, 0.25) is 0 Å². The summed E-state index contributed by atoms with van der Waals surface area (Å²) >= 11 is 6.41. The predicted molar refractivity (Wildman–Crippen MR) is 83.0 cm³/mol. The number of halogens is 1. The number of fused-ring (bicyclic) bond motifs is 1. The molecule has 0 amide bonds. The Balaban J connectivity index is 2.26. The van der Waals surface area contributed by atoms with E-state index in [9.17, 15) is 0 Å². The quantitative estimate of drug-likeness (QED) is 0.695. The minimum Gasteiger partial charge on any atom is -0.456 e. The van der Waals surface area contributed by atoms with Crippen LogP contribution < -0.4 is 4.74 Å². The van der Waals surface area contributed by atoms with Crippen LogP contribution in [0.25, 0.3) is 0 Å². The third-order valence-corrected chi connectivity index (χ3v) is 4.13. The lowest BCUT2D eigenvalue weighted by Crippen LogP contribution is -2.03. The zero-order valence-corrected chi connectivity index (χ0v) is 12.0. The van der Waals surface area contributed by atoms with Crippen molar-refractivity contribution in [3.8, 4) is 5.75 Å². The van der Waals surface area contributed by atoms with Crippen molar-refractivity contribution in [3.05, 3.63) is 88.7 Å². The fourth-order valence-corrected chi connectivity index (χ4v) is 2.79. The molecule has 3 rings (SSSR count). The van der Waals surface area contributed by atoms with E-state index in [1.54, 1.807) is 0 Å². The molecule has 0 bridgehead atoms. The molecule has 0 N–H and O–H groups in total. The zero-order valence-electron chi connectivity index (χ0n) is 11.3. The molecule has 0 fully saturated rings. The van der Waals surface area contributed by atoms with Crippen LogP contribution in [0.3, 0.4) is 0 Å². The predicted octanol–water partition coefficient (Wildman–Crippen LogP) is 5.24. The highest BCUT2D eigenvalue weighted by molar-refractivity contribution is 6.32. The van der Waals surface area contributed by atoms with Crippen molar-refractivity contribution >= 4 is 11.6 Å². The van der Waals surface area contributed by atoms with Crippen LogP contribution in [0.15, 0.2) is 77.5 Å². The first-order valence-corrected chi connectivity index (χ1v) is 6.93. The number of hydrogen-bond acceptors (Lipinski definition) is 1. The first kappa shape index (κ1) is 13.0.